The molecule has 0 radical (unpaired) electrons. The third-order valence-corrected chi connectivity index (χ3v) is 3.38. The van der Waals surface area contributed by atoms with Crippen LogP contribution < -0.4 is 4.74 Å². The van der Waals surface area contributed by atoms with Gasteiger partial charge in [0.15, 0.2) is 5.69 Å². The van der Waals surface area contributed by atoms with Crippen molar-refractivity contribution < 1.29 is 17.9 Å². The van der Waals surface area contributed by atoms with E-state index < -0.39 is 11.9 Å². The van der Waals surface area contributed by atoms with E-state index in [-0.39, 0.29) is 4.60 Å². The average Bonchev–Trinajstić information content (AvgIpc) is 2.78. The molecular weight excluding hydrogens is 337 g/mol. The number of hydrogen-bond acceptors (Lipinski definition) is 2. The maximum absolute atomic E-state index is 12.6. The lowest BCUT2D eigenvalue weighted by Gasteiger charge is -2.03. The second kappa shape index (κ2) is 5.87. The number of benzene rings is 1. The summed E-state index contributed by atoms with van der Waals surface area (Å²) in [5, 5.41) is 0. The highest BCUT2D eigenvalue weighted by Crippen LogP contribution is 2.33. The van der Waals surface area contributed by atoms with Gasteiger partial charge in [-0.2, -0.15) is 13.2 Å². The molecule has 0 aliphatic rings. The summed E-state index contributed by atoms with van der Waals surface area (Å²) in [7, 11) is 1.58. The van der Waals surface area contributed by atoms with Crippen LogP contribution in [0.5, 0.6) is 5.75 Å². The first-order chi connectivity index (χ1) is 9.40. The lowest BCUT2D eigenvalue weighted by atomic mass is 10.1. The van der Waals surface area contributed by atoms with Crippen molar-refractivity contribution in [3.63, 3.8) is 0 Å². The van der Waals surface area contributed by atoms with Gasteiger partial charge in [-0.1, -0.05) is 12.1 Å². The highest BCUT2D eigenvalue weighted by atomic mass is 79.9. The van der Waals surface area contributed by atoms with Crippen LogP contribution in [0.2, 0.25) is 0 Å². The van der Waals surface area contributed by atoms with Crippen LogP contribution in [-0.4, -0.2) is 17.1 Å². The lowest BCUT2D eigenvalue weighted by Crippen LogP contribution is -2.06. The summed E-state index contributed by atoms with van der Waals surface area (Å²) in [5.74, 6) is 1.05. The zero-order valence-corrected chi connectivity index (χ0v) is 12.2. The van der Waals surface area contributed by atoms with Crippen molar-refractivity contribution in [1.82, 2.24) is 9.97 Å². The van der Waals surface area contributed by atoms with Gasteiger partial charge in [0.2, 0.25) is 0 Å². The number of ether oxygens (including phenoxy) is 1. The smallest absolute Gasteiger partial charge is 0.433 e. The molecule has 108 valence electrons. The fourth-order valence-electron chi connectivity index (χ4n) is 1.76. The molecule has 0 amide bonds. The number of imidazole rings is 1. The van der Waals surface area contributed by atoms with Crippen LogP contribution in [0.15, 0.2) is 28.9 Å². The van der Waals surface area contributed by atoms with Gasteiger partial charge in [0.1, 0.15) is 16.2 Å². The Morgan fingerprint density at radius 1 is 1.20 bits per heavy atom. The van der Waals surface area contributed by atoms with Gasteiger partial charge in [-0.05, 0) is 40.0 Å². The average molecular weight is 349 g/mol. The predicted molar refractivity (Wildman–Crippen MR) is 71.7 cm³/mol. The Labute approximate surface area is 122 Å². The largest absolute Gasteiger partial charge is 0.497 e. The van der Waals surface area contributed by atoms with Gasteiger partial charge in [0, 0.05) is 6.42 Å². The molecular formula is C13H12BrF3N2O. The minimum atomic E-state index is -4.43. The number of aromatic amines is 1. The molecule has 3 nitrogen and oxygen atoms in total. The SMILES string of the molecule is COc1ccc(CCc2nc(Br)c(C(F)(F)F)[nH]2)cc1. The summed E-state index contributed by atoms with van der Waals surface area (Å²) < 4.78 is 42.6. The molecule has 0 saturated carbocycles. The zero-order valence-electron chi connectivity index (χ0n) is 10.6. The fourth-order valence-corrected chi connectivity index (χ4v) is 2.30. The maximum Gasteiger partial charge on any atom is 0.433 e. The molecule has 0 atom stereocenters. The van der Waals surface area contributed by atoms with Gasteiger partial charge in [-0.15, -0.1) is 0 Å². The number of methoxy groups -OCH3 is 1. The van der Waals surface area contributed by atoms with E-state index in [4.69, 9.17) is 4.74 Å². The third kappa shape index (κ3) is 3.53. The molecule has 0 bridgehead atoms. The fraction of sp³-hybridized carbons (Fsp3) is 0.308. The number of rotatable bonds is 4. The Morgan fingerprint density at radius 3 is 2.35 bits per heavy atom. The van der Waals surface area contributed by atoms with Crippen LogP contribution in [0, 0.1) is 0 Å². The molecule has 1 aromatic carbocycles. The lowest BCUT2D eigenvalue weighted by molar-refractivity contribution is -0.141. The van der Waals surface area contributed by atoms with Crippen LogP contribution in [-0.2, 0) is 19.0 Å². The molecule has 0 unspecified atom stereocenters. The van der Waals surface area contributed by atoms with Gasteiger partial charge in [0.05, 0.1) is 7.11 Å². The molecule has 0 aliphatic carbocycles. The maximum atomic E-state index is 12.6. The Hall–Kier alpha value is -1.50. The van der Waals surface area contributed by atoms with Crippen molar-refractivity contribution in [3.05, 3.63) is 46.0 Å². The summed E-state index contributed by atoms with van der Waals surface area (Å²) in [6.07, 6.45) is -3.42. The van der Waals surface area contributed by atoms with Gasteiger partial charge in [-0.3, -0.25) is 0 Å². The topological polar surface area (TPSA) is 37.9 Å². The minimum Gasteiger partial charge on any atom is -0.497 e. The van der Waals surface area contributed by atoms with E-state index in [0.717, 1.165) is 11.3 Å². The van der Waals surface area contributed by atoms with E-state index in [1.54, 1.807) is 7.11 Å². The van der Waals surface area contributed by atoms with Crippen molar-refractivity contribution in [2.24, 2.45) is 0 Å². The Bertz CT molecular complexity index is 578. The second-order valence-electron chi connectivity index (χ2n) is 4.20. The van der Waals surface area contributed by atoms with Crippen LogP contribution in [0.25, 0.3) is 0 Å². The van der Waals surface area contributed by atoms with Gasteiger partial charge in [-0.25, -0.2) is 4.98 Å². The van der Waals surface area contributed by atoms with Crippen molar-refractivity contribution in [3.8, 4) is 5.75 Å². The number of nitrogens with one attached hydrogen (secondary N) is 1. The summed E-state index contributed by atoms with van der Waals surface area (Å²) in [6, 6.07) is 7.38. The summed E-state index contributed by atoms with van der Waals surface area (Å²) in [4.78, 5) is 6.15. The van der Waals surface area contributed by atoms with Crippen molar-refractivity contribution >= 4 is 15.9 Å². The molecule has 0 aliphatic heterocycles. The van der Waals surface area contributed by atoms with E-state index in [1.165, 1.54) is 0 Å². The first-order valence-electron chi connectivity index (χ1n) is 5.84. The van der Waals surface area contributed by atoms with E-state index in [1.807, 2.05) is 24.3 Å². The molecule has 2 rings (SSSR count). The number of hydrogen-bond donors (Lipinski definition) is 1. The highest BCUT2D eigenvalue weighted by Gasteiger charge is 2.36. The Morgan fingerprint density at radius 2 is 1.85 bits per heavy atom. The highest BCUT2D eigenvalue weighted by molar-refractivity contribution is 9.10. The number of aryl methyl sites for hydroxylation is 2. The number of aromatic nitrogens is 2. The quantitative estimate of drug-likeness (QED) is 0.907. The van der Waals surface area contributed by atoms with Crippen LogP contribution >= 0.6 is 15.9 Å². The molecule has 2 aromatic rings. The Kier molecular flexibility index (Phi) is 4.37. The molecule has 1 heterocycles. The zero-order chi connectivity index (χ0) is 14.8. The van der Waals surface area contributed by atoms with Crippen molar-refractivity contribution in [1.29, 1.82) is 0 Å². The second-order valence-corrected chi connectivity index (χ2v) is 4.95. The van der Waals surface area contributed by atoms with Crippen molar-refractivity contribution in [2.75, 3.05) is 7.11 Å². The first-order valence-corrected chi connectivity index (χ1v) is 6.64. The monoisotopic (exact) mass is 348 g/mol. The van der Waals surface area contributed by atoms with Gasteiger partial charge in [0.25, 0.3) is 0 Å². The predicted octanol–water partition coefficient (Wildman–Crippen LogP) is 3.98. The molecule has 7 heteroatoms. The normalized spacial score (nSPS) is 11.7. The number of alkyl halides is 3. The number of nitrogens with zero attached hydrogens (tertiary/aromatic N) is 1. The van der Waals surface area contributed by atoms with Crippen LogP contribution in [0.4, 0.5) is 13.2 Å². The van der Waals surface area contributed by atoms with E-state index in [0.29, 0.717) is 18.7 Å². The van der Waals surface area contributed by atoms with Crippen LogP contribution in [0.3, 0.4) is 0 Å². The standard InChI is InChI=1S/C13H12BrF3N2O/c1-20-9-5-2-8(3-6-9)4-7-10-18-11(12(14)19-10)13(15,16)17/h2-3,5-6H,4,7H2,1H3,(H,18,19). The van der Waals surface area contributed by atoms with E-state index >= 15 is 0 Å². The van der Waals surface area contributed by atoms with Crippen molar-refractivity contribution in [2.45, 2.75) is 19.0 Å². The van der Waals surface area contributed by atoms with E-state index in [9.17, 15) is 13.2 Å². The van der Waals surface area contributed by atoms with E-state index in [2.05, 4.69) is 25.9 Å². The molecule has 0 spiro atoms. The molecule has 0 fully saturated rings. The molecule has 20 heavy (non-hydrogen) atoms. The summed E-state index contributed by atoms with van der Waals surface area (Å²) in [6.45, 7) is 0. The summed E-state index contributed by atoms with van der Waals surface area (Å²) in [5.41, 5.74) is 0.161. The number of halogens is 4. The van der Waals surface area contributed by atoms with Crippen LogP contribution in [0.1, 0.15) is 17.1 Å². The first kappa shape index (κ1) is 14.9. The third-order valence-electron chi connectivity index (χ3n) is 2.80. The van der Waals surface area contributed by atoms with Gasteiger partial charge >= 0.3 is 6.18 Å². The molecule has 1 aromatic heterocycles. The molecule has 1 N–H and O–H groups in total. The minimum absolute atomic E-state index is 0.199. The number of H-pyrrole nitrogens is 1. The molecule has 0 saturated heterocycles. The Balaban J connectivity index is 2.03. The summed E-state index contributed by atoms with van der Waals surface area (Å²) >= 11 is 2.82. The van der Waals surface area contributed by atoms with Gasteiger partial charge < -0.3 is 9.72 Å².